The van der Waals surface area contributed by atoms with E-state index < -0.39 is 10.0 Å². The molecular weight excluding hydrogens is 388 g/mol. The Kier molecular flexibility index (Phi) is 5.68. The molecule has 144 valence electrons. The van der Waals surface area contributed by atoms with Crippen LogP contribution in [0.2, 0.25) is 0 Å². The Bertz CT molecular complexity index is 1020. The molecule has 0 radical (unpaired) electrons. The summed E-state index contributed by atoms with van der Waals surface area (Å²) in [6, 6.07) is 6.24. The van der Waals surface area contributed by atoms with Crippen LogP contribution in [0.5, 0.6) is 0 Å². The van der Waals surface area contributed by atoms with Crippen LogP contribution in [0.1, 0.15) is 11.1 Å². The van der Waals surface area contributed by atoms with E-state index in [0.29, 0.717) is 36.0 Å². The lowest BCUT2D eigenvalue weighted by Gasteiger charge is -2.24. The third kappa shape index (κ3) is 4.57. The van der Waals surface area contributed by atoms with Crippen molar-refractivity contribution in [2.75, 3.05) is 12.3 Å². The predicted molar refractivity (Wildman–Crippen MR) is 102 cm³/mol. The van der Waals surface area contributed by atoms with E-state index in [2.05, 4.69) is 10.3 Å². The third-order valence-electron chi connectivity index (χ3n) is 4.33. The summed E-state index contributed by atoms with van der Waals surface area (Å²) in [5.41, 5.74) is 1.34. The zero-order valence-corrected chi connectivity index (χ0v) is 16.3. The summed E-state index contributed by atoms with van der Waals surface area (Å²) in [7, 11) is -3.70. The minimum absolute atomic E-state index is 0.0579. The lowest BCUT2D eigenvalue weighted by atomic mass is 10.1. The largest absolute Gasteiger partial charge is 0.355 e. The fourth-order valence-electron chi connectivity index (χ4n) is 2.78. The smallest absolute Gasteiger partial charge is 0.257 e. The van der Waals surface area contributed by atoms with Gasteiger partial charge in [-0.25, -0.2) is 18.5 Å². The number of hydrogen-bond acceptors (Lipinski definition) is 6. The molecule has 3 rings (SSSR count). The standard InChI is InChI=1S/C17H20N4O4S2/c1-11-8-20-17-21(16(11)23)9-13(10-26-17)15(22)19-7-6-12-2-4-14(5-3-12)27(18,24)25/h2-5,8,13H,6-7,9-10H2,1H3,(H,19,22)(H2,18,24,25). The first-order valence-electron chi connectivity index (χ1n) is 8.34. The number of hydrogen-bond donors (Lipinski definition) is 2. The van der Waals surface area contributed by atoms with Crippen LogP contribution >= 0.6 is 11.8 Å². The van der Waals surface area contributed by atoms with E-state index in [9.17, 15) is 18.0 Å². The molecule has 1 aromatic carbocycles. The number of aromatic nitrogens is 2. The van der Waals surface area contributed by atoms with Crippen molar-refractivity contribution in [1.82, 2.24) is 14.9 Å². The minimum atomic E-state index is -3.70. The average Bonchev–Trinajstić information content (AvgIpc) is 2.64. The summed E-state index contributed by atoms with van der Waals surface area (Å²) >= 11 is 1.40. The minimum Gasteiger partial charge on any atom is -0.355 e. The summed E-state index contributed by atoms with van der Waals surface area (Å²) in [6.45, 7) is 2.45. The molecule has 0 aliphatic carbocycles. The molecule has 10 heteroatoms. The Morgan fingerprint density at radius 2 is 2.07 bits per heavy atom. The van der Waals surface area contributed by atoms with E-state index in [4.69, 9.17) is 5.14 Å². The number of primary sulfonamides is 1. The second-order valence-corrected chi connectivity index (χ2v) is 8.93. The molecule has 1 aliphatic rings. The van der Waals surface area contributed by atoms with Crippen LogP contribution in [0.3, 0.4) is 0 Å². The van der Waals surface area contributed by atoms with Gasteiger partial charge in [0.2, 0.25) is 15.9 Å². The SMILES string of the molecule is Cc1cnc2n(c1=O)CC(C(=O)NCCc1ccc(S(N)(=O)=O)cc1)CS2. The van der Waals surface area contributed by atoms with Crippen LogP contribution in [0.15, 0.2) is 45.3 Å². The van der Waals surface area contributed by atoms with E-state index in [1.807, 2.05) is 0 Å². The van der Waals surface area contributed by atoms with Gasteiger partial charge in [-0.1, -0.05) is 23.9 Å². The quantitative estimate of drug-likeness (QED) is 0.685. The molecule has 2 aromatic rings. The first-order valence-corrected chi connectivity index (χ1v) is 10.9. The molecule has 1 unspecified atom stereocenters. The number of carbonyl (C=O) groups excluding carboxylic acids is 1. The van der Waals surface area contributed by atoms with Gasteiger partial charge >= 0.3 is 0 Å². The molecule has 27 heavy (non-hydrogen) atoms. The normalized spacial score (nSPS) is 16.6. The third-order valence-corrected chi connectivity index (χ3v) is 6.42. The summed E-state index contributed by atoms with van der Waals surface area (Å²) in [5, 5.41) is 8.59. The molecule has 0 saturated carbocycles. The Labute approximate surface area is 161 Å². The summed E-state index contributed by atoms with van der Waals surface area (Å²) in [4.78, 5) is 28.9. The summed E-state index contributed by atoms with van der Waals surface area (Å²) in [6.07, 6.45) is 2.12. The number of aryl methyl sites for hydroxylation is 1. The maximum Gasteiger partial charge on any atom is 0.257 e. The first-order chi connectivity index (χ1) is 12.8. The molecule has 0 bridgehead atoms. The summed E-state index contributed by atoms with van der Waals surface area (Å²) < 4.78 is 24.0. The second-order valence-electron chi connectivity index (χ2n) is 6.38. The van der Waals surface area contributed by atoms with Crippen molar-refractivity contribution >= 4 is 27.7 Å². The highest BCUT2D eigenvalue weighted by Gasteiger charge is 2.26. The number of nitrogens with zero attached hydrogens (tertiary/aromatic N) is 2. The van der Waals surface area contributed by atoms with Gasteiger partial charge in [-0.05, 0) is 31.0 Å². The van der Waals surface area contributed by atoms with Crippen molar-refractivity contribution in [3.8, 4) is 0 Å². The molecule has 2 heterocycles. The molecule has 8 nitrogen and oxygen atoms in total. The lowest BCUT2D eigenvalue weighted by molar-refractivity contribution is -0.124. The van der Waals surface area contributed by atoms with Crippen molar-refractivity contribution in [2.45, 2.75) is 29.9 Å². The number of benzene rings is 1. The van der Waals surface area contributed by atoms with Crippen LogP contribution in [-0.4, -0.2) is 36.2 Å². The highest BCUT2D eigenvalue weighted by atomic mass is 32.2. The van der Waals surface area contributed by atoms with Gasteiger partial charge in [0.15, 0.2) is 5.16 Å². The van der Waals surface area contributed by atoms with Gasteiger partial charge in [0.05, 0.1) is 10.8 Å². The highest BCUT2D eigenvalue weighted by molar-refractivity contribution is 7.99. The van der Waals surface area contributed by atoms with Gasteiger partial charge in [0, 0.05) is 30.6 Å². The topological polar surface area (TPSA) is 124 Å². The number of fused-ring (bicyclic) bond motifs is 1. The number of thioether (sulfide) groups is 1. The number of amides is 1. The Hall–Kier alpha value is -2.17. The Morgan fingerprint density at radius 3 is 2.74 bits per heavy atom. The van der Waals surface area contributed by atoms with Crippen LogP contribution < -0.4 is 16.0 Å². The zero-order valence-electron chi connectivity index (χ0n) is 14.7. The van der Waals surface area contributed by atoms with Crippen molar-refractivity contribution in [3.63, 3.8) is 0 Å². The van der Waals surface area contributed by atoms with Gasteiger partial charge in [0.25, 0.3) is 5.56 Å². The van der Waals surface area contributed by atoms with Gasteiger partial charge < -0.3 is 5.32 Å². The fourth-order valence-corrected chi connectivity index (χ4v) is 4.34. The van der Waals surface area contributed by atoms with E-state index in [1.54, 1.807) is 29.8 Å². The molecule has 1 aromatic heterocycles. The van der Waals surface area contributed by atoms with Gasteiger partial charge in [-0.2, -0.15) is 0 Å². The van der Waals surface area contributed by atoms with Crippen molar-refractivity contribution in [3.05, 3.63) is 51.9 Å². The zero-order chi connectivity index (χ0) is 19.6. The van der Waals surface area contributed by atoms with Crippen molar-refractivity contribution in [1.29, 1.82) is 0 Å². The number of nitrogens with one attached hydrogen (secondary N) is 1. The number of carbonyl (C=O) groups is 1. The van der Waals surface area contributed by atoms with E-state index >= 15 is 0 Å². The van der Waals surface area contributed by atoms with E-state index in [0.717, 1.165) is 5.56 Å². The molecule has 3 N–H and O–H groups in total. The first kappa shape index (κ1) is 19.6. The maximum atomic E-state index is 12.4. The Morgan fingerprint density at radius 1 is 1.37 bits per heavy atom. The average molecular weight is 409 g/mol. The molecule has 0 saturated heterocycles. The van der Waals surface area contributed by atoms with E-state index in [-0.39, 0.29) is 22.3 Å². The summed E-state index contributed by atoms with van der Waals surface area (Å²) in [5.74, 6) is 0.168. The van der Waals surface area contributed by atoms with Gasteiger partial charge in [0.1, 0.15) is 0 Å². The molecule has 0 fully saturated rings. The lowest BCUT2D eigenvalue weighted by Crippen LogP contribution is -2.40. The van der Waals surface area contributed by atoms with E-state index in [1.165, 1.54) is 23.9 Å². The number of nitrogens with two attached hydrogens (primary N) is 1. The van der Waals surface area contributed by atoms with Crippen LogP contribution in [0.25, 0.3) is 0 Å². The number of rotatable bonds is 5. The van der Waals surface area contributed by atoms with Crippen molar-refractivity contribution < 1.29 is 13.2 Å². The van der Waals surface area contributed by atoms with Crippen molar-refractivity contribution in [2.24, 2.45) is 11.1 Å². The Balaban J connectivity index is 1.56. The molecule has 1 atom stereocenters. The maximum absolute atomic E-state index is 12.4. The molecule has 1 amide bonds. The monoisotopic (exact) mass is 408 g/mol. The molecular formula is C17H20N4O4S2. The number of sulfonamides is 1. The van der Waals surface area contributed by atoms with Crippen LogP contribution in [-0.2, 0) is 27.8 Å². The van der Waals surface area contributed by atoms with Gasteiger partial charge in [-0.15, -0.1) is 0 Å². The van der Waals surface area contributed by atoms with Crippen LogP contribution in [0, 0.1) is 12.8 Å². The second kappa shape index (κ2) is 7.83. The highest BCUT2D eigenvalue weighted by Crippen LogP contribution is 2.24. The van der Waals surface area contributed by atoms with Gasteiger partial charge in [-0.3, -0.25) is 14.2 Å². The fraction of sp³-hybridized carbons (Fsp3) is 0.353. The van der Waals surface area contributed by atoms with Crippen LogP contribution in [0.4, 0.5) is 0 Å². The molecule has 0 spiro atoms. The predicted octanol–water partition coefficient (Wildman–Crippen LogP) is 0.280. The molecule has 1 aliphatic heterocycles.